The third kappa shape index (κ3) is 15.7. The number of imidazole rings is 4. The molecule has 11 aromatic heterocycles. The van der Waals surface area contributed by atoms with E-state index in [1.54, 1.807) is 0 Å². The van der Waals surface area contributed by atoms with Crippen LogP contribution in [-0.2, 0) is 0 Å². The zero-order valence-electron chi connectivity index (χ0n) is 82.7. The fraction of sp³-hybridized carbons (Fsp3) is 0.0519. The van der Waals surface area contributed by atoms with Gasteiger partial charge in [-0.3, -0.25) is 17.9 Å². The fourth-order valence-electron chi connectivity index (χ4n) is 21.9. The Balaban J connectivity index is 0.0000000887. The summed E-state index contributed by atoms with van der Waals surface area (Å²) >= 11 is 0. The number of rotatable bonds is 5. The largest absolute Gasteiger partial charge is 0.456 e. The van der Waals surface area contributed by atoms with Crippen molar-refractivity contribution >= 4 is 209 Å². The van der Waals surface area contributed by atoms with E-state index in [9.17, 15) is 0 Å². The number of benzene rings is 21. The van der Waals surface area contributed by atoms with Gasteiger partial charge in [-0.2, -0.15) is 0 Å². The Morgan fingerprint density at radius 2 is 0.426 bits per heavy atom. The summed E-state index contributed by atoms with van der Waals surface area (Å²) in [5.41, 5.74) is 38.6. The summed E-state index contributed by atoms with van der Waals surface area (Å²) < 4.78 is 39.6. The van der Waals surface area contributed by atoms with Crippen LogP contribution in [-0.4, -0.2) is 41.6 Å². The Morgan fingerprint density at radius 3 is 0.865 bits per heavy atom. The van der Waals surface area contributed by atoms with E-state index in [4.69, 9.17) is 27.6 Å². The molecule has 0 atom stereocenters. The molecule has 13 heteroatoms. The number of aryl methyl sites for hydroxylation is 7. The van der Waals surface area contributed by atoms with Crippen LogP contribution in [0.25, 0.3) is 237 Å². The molecular weight excluding hydrogens is 1810 g/mol. The first kappa shape index (κ1) is 88.9. The highest BCUT2D eigenvalue weighted by Crippen LogP contribution is 2.42. The third-order valence-electron chi connectivity index (χ3n) is 28.6. The van der Waals surface area contributed by atoms with Crippen LogP contribution in [0.4, 0.5) is 0 Å². The first-order valence-electron chi connectivity index (χ1n) is 50.3. The van der Waals surface area contributed by atoms with Crippen LogP contribution < -0.4 is 0 Å². The molecule has 0 aliphatic rings. The summed E-state index contributed by atoms with van der Waals surface area (Å²) in [6.45, 7) is 14.8. The van der Waals surface area contributed by atoms with Gasteiger partial charge in [-0.05, 0) is 277 Å². The van der Waals surface area contributed by atoms with Gasteiger partial charge in [0.1, 0.15) is 44.7 Å². The summed E-state index contributed by atoms with van der Waals surface area (Å²) in [4.78, 5) is 9.86. The molecule has 0 spiro atoms. The lowest BCUT2D eigenvalue weighted by atomic mass is 10.1. The maximum absolute atomic E-state index is 6.07. The number of hydrogen-bond donors (Lipinski definition) is 0. The van der Waals surface area contributed by atoms with E-state index in [0.717, 1.165) is 123 Å². The van der Waals surface area contributed by atoms with Gasteiger partial charge in [-0.25, -0.2) is 9.97 Å². The van der Waals surface area contributed by atoms with Gasteiger partial charge in [0.15, 0.2) is 0 Å². The van der Waals surface area contributed by atoms with Crippen molar-refractivity contribution < 1.29 is 17.7 Å². The van der Waals surface area contributed by atoms with Crippen molar-refractivity contribution in [1.29, 1.82) is 0 Å². The number of aromatic nitrogens is 9. The van der Waals surface area contributed by atoms with E-state index >= 15 is 0 Å². The normalized spacial score (nSPS) is 11.6. The average Bonchev–Trinajstić information content (AvgIpc) is 1.56. The minimum atomic E-state index is 0.903. The molecule has 0 amide bonds. The highest BCUT2D eigenvalue weighted by atomic mass is 16.3. The van der Waals surface area contributed by atoms with Crippen LogP contribution in [0.5, 0.6) is 0 Å². The second-order valence-electron chi connectivity index (χ2n) is 38.5. The Morgan fingerprint density at radius 1 is 0.155 bits per heavy atom. The van der Waals surface area contributed by atoms with E-state index in [-0.39, 0.29) is 0 Å². The number of para-hydroxylation sites is 17. The number of nitrogens with zero attached hydrogens (tertiary/aromatic N) is 9. The van der Waals surface area contributed by atoms with Crippen LogP contribution in [0.2, 0.25) is 0 Å². The van der Waals surface area contributed by atoms with Gasteiger partial charge in [0.05, 0.1) is 82.9 Å². The van der Waals surface area contributed by atoms with Gasteiger partial charge in [-0.1, -0.05) is 283 Å². The minimum absolute atomic E-state index is 0.903. The van der Waals surface area contributed by atoms with Gasteiger partial charge in [0.25, 0.3) is 0 Å². The monoisotopic (exact) mass is 1910 g/mol. The van der Waals surface area contributed by atoms with Crippen LogP contribution in [0, 0.1) is 48.5 Å². The lowest BCUT2D eigenvalue weighted by molar-refractivity contribution is 0.665. The number of furan rings is 4. The van der Waals surface area contributed by atoms with Gasteiger partial charge in [0, 0.05) is 98.2 Å². The van der Waals surface area contributed by atoms with E-state index in [0.29, 0.717) is 0 Å². The van der Waals surface area contributed by atoms with Gasteiger partial charge >= 0.3 is 0 Å². The Hall–Kier alpha value is -19.2. The molecule has 11 heterocycles. The summed E-state index contributed by atoms with van der Waals surface area (Å²) in [6, 6.07) is 165. The quantitative estimate of drug-likeness (QED) is 0.170. The zero-order valence-corrected chi connectivity index (χ0v) is 82.7. The van der Waals surface area contributed by atoms with E-state index < -0.39 is 0 Å². The summed E-state index contributed by atoms with van der Waals surface area (Å²) in [6.07, 6.45) is 0. The summed E-state index contributed by atoms with van der Waals surface area (Å²) in [7, 11) is 0. The highest BCUT2D eigenvalue weighted by Gasteiger charge is 2.23. The first-order valence-corrected chi connectivity index (χ1v) is 50.3. The molecule has 21 aromatic carbocycles. The van der Waals surface area contributed by atoms with Crippen molar-refractivity contribution in [3.05, 3.63) is 512 Å². The maximum Gasteiger partial charge on any atom is 0.220 e. The molecule has 148 heavy (non-hydrogen) atoms. The maximum atomic E-state index is 6.07. The SMILES string of the molecule is Cc1ccc2c(c1)c1ccccc1n2-c1ccccc1.Cc1ccc2oc3ccc(-n4c5ccccc5c5ccccc54)cc3c2c1.Cc1ccc2oc3ccc(-n4c5ccccc5n5c6ccccc6nc45)cc3c2c1.Cc1ccc2oc3ccccc3c2c1.Cc1cccc(-n2c3ccccc3c3ccccc32)c1.Cc1cccc(-n2c3ccccc3n3c4ccccc4nc23)c1.Cc1cccc2c1oc1ccccc12. The zero-order chi connectivity index (χ0) is 99.3. The highest BCUT2D eigenvalue weighted by molar-refractivity contribution is 6.14. The van der Waals surface area contributed by atoms with Crippen molar-refractivity contribution in [2.45, 2.75) is 48.5 Å². The molecule has 0 unspecified atom stereocenters. The second-order valence-corrected chi connectivity index (χ2v) is 38.5. The third-order valence-corrected chi connectivity index (χ3v) is 28.6. The van der Waals surface area contributed by atoms with Gasteiger partial charge < -0.3 is 31.4 Å². The van der Waals surface area contributed by atoms with Crippen molar-refractivity contribution in [3.8, 4) is 28.4 Å². The molecule has 32 aromatic rings. The van der Waals surface area contributed by atoms with Crippen molar-refractivity contribution in [3.63, 3.8) is 0 Å². The summed E-state index contributed by atoms with van der Waals surface area (Å²) in [5.74, 6) is 1.87. The van der Waals surface area contributed by atoms with E-state index in [2.05, 4.69) is 499 Å². The van der Waals surface area contributed by atoms with Crippen LogP contribution in [0.1, 0.15) is 38.9 Å². The fourth-order valence-corrected chi connectivity index (χ4v) is 21.9. The van der Waals surface area contributed by atoms with Crippen molar-refractivity contribution in [1.82, 2.24) is 41.6 Å². The molecule has 0 aliphatic heterocycles. The molecule has 0 saturated carbocycles. The lowest BCUT2D eigenvalue weighted by Gasteiger charge is -2.08. The standard InChI is InChI=1S/C26H17N3O.C25H17NO.C20H15N3.2C19H15N.2C13H10O/c1-16-10-12-24-18(14-16)19-15-17(11-13-25(19)30-24)28-22-8-4-5-9-23(22)29-21-7-3-2-6-20(21)27-26(28)29;1-16-10-12-24-20(14-16)21-15-17(11-13-25(21)27-24)26-22-8-4-2-6-18(22)19-7-3-5-9-23(19)26;1-14-7-6-8-15(13-14)22-18-11-4-5-12-19(18)23-17-10-3-2-9-16(17)21-20(22)23;1-14-7-6-8-15(13-14)20-18-11-4-2-9-16(18)17-10-3-5-12-19(17)20;1-14-11-12-19-17(13-14)16-9-5-6-10-18(16)20(19)15-7-3-2-4-8-15;1-9-5-4-7-11-10-6-2-3-8-12(10)14-13(9)11;1-9-6-7-13-11(8-9)10-4-2-3-5-12(10)14-13/h2-15H,1H3;2-15H,1H3;2-13H,1H3;2*2-13H,1H3;2*2-8H,1H3. The van der Waals surface area contributed by atoms with Crippen LogP contribution >= 0.6 is 0 Å². The Kier molecular flexibility index (Phi) is 22.2. The molecule has 0 saturated heterocycles. The number of hydrogen-bond acceptors (Lipinski definition) is 6. The average molecular weight is 1910 g/mol. The molecular formula is C135H99N9O4. The summed E-state index contributed by atoms with van der Waals surface area (Å²) in [5, 5.41) is 17.2. The first-order chi connectivity index (χ1) is 72.8. The molecule has 0 fully saturated rings. The Labute approximate surface area is 851 Å². The van der Waals surface area contributed by atoms with Crippen molar-refractivity contribution in [2.24, 2.45) is 0 Å². The molecule has 0 bridgehead atoms. The molecule has 0 N–H and O–H groups in total. The molecule has 708 valence electrons. The van der Waals surface area contributed by atoms with Gasteiger partial charge in [0.2, 0.25) is 11.6 Å². The second kappa shape index (κ2) is 36.9. The predicted octanol–water partition coefficient (Wildman–Crippen LogP) is 36.3. The van der Waals surface area contributed by atoms with E-state index in [1.807, 2.05) is 54.6 Å². The minimum Gasteiger partial charge on any atom is -0.456 e. The van der Waals surface area contributed by atoms with Crippen LogP contribution in [0.15, 0.2) is 491 Å². The van der Waals surface area contributed by atoms with Crippen LogP contribution in [0.3, 0.4) is 0 Å². The van der Waals surface area contributed by atoms with Crippen molar-refractivity contribution in [2.75, 3.05) is 0 Å². The molecule has 0 aliphatic carbocycles. The molecule has 13 nitrogen and oxygen atoms in total. The topological polar surface area (TPSA) is 112 Å². The smallest absolute Gasteiger partial charge is 0.220 e. The van der Waals surface area contributed by atoms with Gasteiger partial charge in [-0.15, -0.1) is 0 Å². The Bertz CT molecular complexity index is 10700. The molecule has 32 rings (SSSR count). The molecule has 0 radical (unpaired) electrons. The van der Waals surface area contributed by atoms with E-state index in [1.165, 1.54) is 154 Å². The lowest BCUT2D eigenvalue weighted by Crippen LogP contribution is -1.95. The predicted molar refractivity (Wildman–Crippen MR) is 617 cm³/mol. The number of fused-ring (bicyclic) bond motifs is 31.